The molecule has 0 spiro atoms. The van der Waals surface area contributed by atoms with E-state index in [9.17, 15) is 4.79 Å². The normalized spacial score (nSPS) is 19.3. The van der Waals surface area contributed by atoms with Gasteiger partial charge in [-0.05, 0) is 18.1 Å². The van der Waals surface area contributed by atoms with Crippen molar-refractivity contribution in [1.29, 1.82) is 0 Å². The Morgan fingerprint density at radius 1 is 1.31 bits per heavy atom. The number of nitrogens with zero attached hydrogens (tertiary/aromatic N) is 5. The number of rotatable bonds is 3. The van der Waals surface area contributed by atoms with Crippen molar-refractivity contribution in [2.45, 2.75) is 32.4 Å². The van der Waals surface area contributed by atoms with E-state index in [0.29, 0.717) is 6.54 Å². The molecule has 136 valence electrons. The number of hydrogen-bond acceptors (Lipinski definition) is 4. The van der Waals surface area contributed by atoms with Gasteiger partial charge in [0.2, 0.25) is 5.91 Å². The number of allylic oxidation sites excluding steroid dienone is 2. The summed E-state index contributed by atoms with van der Waals surface area (Å²) in [6.07, 6.45) is 10.2. The van der Waals surface area contributed by atoms with Crippen LogP contribution in [0, 0.1) is 0 Å². The molecule has 1 amide bonds. The van der Waals surface area contributed by atoms with E-state index in [1.165, 1.54) is 5.69 Å². The summed E-state index contributed by atoms with van der Waals surface area (Å²) in [5, 5.41) is 12.7. The lowest BCUT2D eigenvalue weighted by atomic mass is 10.0. The molecule has 0 aromatic carbocycles. The van der Waals surface area contributed by atoms with Gasteiger partial charge >= 0.3 is 0 Å². The molecule has 3 heterocycles. The lowest BCUT2D eigenvalue weighted by Crippen LogP contribution is -2.34. The minimum atomic E-state index is 0.117. The maximum absolute atomic E-state index is 11.7. The van der Waals surface area contributed by atoms with Gasteiger partial charge in [-0.2, -0.15) is 10.2 Å². The van der Waals surface area contributed by atoms with Crippen LogP contribution in [0.2, 0.25) is 0 Å². The molecule has 1 aliphatic heterocycles. The predicted octanol–water partition coefficient (Wildman–Crippen LogP) is 1.88. The SMILES string of the molecule is CC(=O)N1CCc2c(c(NC3C=CC(c4ccn(C)n4)=CC3)nn2C)C1. The van der Waals surface area contributed by atoms with Crippen LogP contribution in [-0.2, 0) is 31.9 Å². The van der Waals surface area contributed by atoms with Crippen molar-refractivity contribution in [1.82, 2.24) is 24.5 Å². The van der Waals surface area contributed by atoms with Gasteiger partial charge in [-0.25, -0.2) is 0 Å². The van der Waals surface area contributed by atoms with E-state index in [-0.39, 0.29) is 11.9 Å². The number of carbonyl (C=O) groups is 1. The lowest BCUT2D eigenvalue weighted by Gasteiger charge is -2.27. The number of aryl methyl sites for hydroxylation is 2. The van der Waals surface area contributed by atoms with Crippen LogP contribution in [0.15, 0.2) is 30.5 Å². The number of anilines is 1. The summed E-state index contributed by atoms with van der Waals surface area (Å²) in [4.78, 5) is 13.6. The van der Waals surface area contributed by atoms with E-state index in [0.717, 1.165) is 42.0 Å². The summed E-state index contributed by atoms with van der Waals surface area (Å²) in [5.74, 6) is 1.00. The third-order valence-electron chi connectivity index (χ3n) is 5.12. The quantitative estimate of drug-likeness (QED) is 0.916. The van der Waals surface area contributed by atoms with Crippen molar-refractivity contribution in [2.24, 2.45) is 14.1 Å². The van der Waals surface area contributed by atoms with Crippen LogP contribution in [-0.4, -0.2) is 43.0 Å². The van der Waals surface area contributed by atoms with Crippen LogP contribution in [0.25, 0.3) is 5.57 Å². The lowest BCUT2D eigenvalue weighted by molar-refractivity contribution is -0.129. The summed E-state index contributed by atoms with van der Waals surface area (Å²) in [6, 6.07) is 2.21. The minimum absolute atomic E-state index is 0.117. The van der Waals surface area contributed by atoms with Crippen LogP contribution in [0.5, 0.6) is 0 Å². The second kappa shape index (κ2) is 6.48. The Kier molecular flexibility index (Phi) is 4.14. The first kappa shape index (κ1) is 16.6. The first-order chi connectivity index (χ1) is 12.5. The van der Waals surface area contributed by atoms with Gasteiger partial charge in [-0.1, -0.05) is 18.2 Å². The fourth-order valence-corrected chi connectivity index (χ4v) is 3.64. The van der Waals surface area contributed by atoms with Crippen molar-refractivity contribution in [2.75, 3.05) is 11.9 Å². The Hall–Kier alpha value is -2.83. The molecule has 0 radical (unpaired) electrons. The largest absolute Gasteiger partial charge is 0.362 e. The van der Waals surface area contributed by atoms with Gasteiger partial charge in [0.1, 0.15) is 0 Å². The van der Waals surface area contributed by atoms with E-state index in [4.69, 9.17) is 0 Å². The highest BCUT2D eigenvalue weighted by atomic mass is 16.2. The number of hydrogen-bond donors (Lipinski definition) is 1. The minimum Gasteiger partial charge on any atom is -0.362 e. The zero-order valence-electron chi connectivity index (χ0n) is 15.4. The first-order valence-corrected chi connectivity index (χ1v) is 8.96. The fraction of sp³-hybridized carbons (Fsp3) is 0.421. The number of carbonyl (C=O) groups excluding carboxylic acids is 1. The predicted molar refractivity (Wildman–Crippen MR) is 100 cm³/mol. The van der Waals surface area contributed by atoms with Gasteiger partial charge in [-0.3, -0.25) is 14.2 Å². The van der Waals surface area contributed by atoms with Crippen molar-refractivity contribution < 1.29 is 4.79 Å². The molecule has 1 N–H and O–H groups in total. The summed E-state index contributed by atoms with van der Waals surface area (Å²) in [6.45, 7) is 3.02. The highest BCUT2D eigenvalue weighted by molar-refractivity contribution is 5.74. The number of fused-ring (bicyclic) bond motifs is 1. The summed E-state index contributed by atoms with van der Waals surface area (Å²) in [5.41, 5.74) is 4.50. The molecule has 2 aromatic rings. The second-order valence-corrected chi connectivity index (χ2v) is 6.97. The molecule has 4 rings (SSSR count). The van der Waals surface area contributed by atoms with Crippen molar-refractivity contribution in [3.63, 3.8) is 0 Å². The van der Waals surface area contributed by atoms with Gasteiger partial charge in [0.05, 0.1) is 12.2 Å². The number of amides is 1. The van der Waals surface area contributed by atoms with Gasteiger partial charge < -0.3 is 10.2 Å². The molecule has 0 fully saturated rings. The van der Waals surface area contributed by atoms with E-state index in [1.54, 1.807) is 6.92 Å². The van der Waals surface area contributed by atoms with Gasteiger partial charge in [0, 0.05) is 57.5 Å². The van der Waals surface area contributed by atoms with E-state index < -0.39 is 0 Å². The number of nitrogens with one attached hydrogen (secondary N) is 1. The molecule has 7 nitrogen and oxygen atoms in total. The molecule has 1 atom stereocenters. The van der Waals surface area contributed by atoms with Crippen LogP contribution in [0.4, 0.5) is 5.82 Å². The van der Waals surface area contributed by atoms with Gasteiger partial charge in [0.25, 0.3) is 0 Å². The van der Waals surface area contributed by atoms with Crippen LogP contribution in [0.3, 0.4) is 0 Å². The van der Waals surface area contributed by atoms with Crippen LogP contribution in [0.1, 0.15) is 30.3 Å². The molecule has 7 heteroatoms. The zero-order valence-corrected chi connectivity index (χ0v) is 15.4. The molecular formula is C19H24N6O. The standard InChI is InChI=1S/C19H24N6O/c1-13(26)25-11-9-18-16(12-25)19(22-24(18)3)20-15-6-4-14(5-7-15)17-8-10-23(2)21-17/h4-6,8,10,15H,7,9,11-12H2,1-3H3,(H,20,22). The Balaban J connectivity index is 1.49. The summed E-state index contributed by atoms with van der Waals surface area (Å²) >= 11 is 0. The maximum atomic E-state index is 11.7. The molecule has 0 bridgehead atoms. The Morgan fingerprint density at radius 2 is 2.15 bits per heavy atom. The van der Waals surface area contributed by atoms with Crippen LogP contribution < -0.4 is 5.32 Å². The van der Waals surface area contributed by atoms with E-state index in [2.05, 4.69) is 33.7 Å². The van der Waals surface area contributed by atoms with Crippen molar-refractivity contribution in [3.05, 3.63) is 47.4 Å². The van der Waals surface area contributed by atoms with E-state index >= 15 is 0 Å². The smallest absolute Gasteiger partial charge is 0.219 e. The molecule has 0 saturated heterocycles. The Morgan fingerprint density at radius 3 is 2.81 bits per heavy atom. The number of aromatic nitrogens is 4. The van der Waals surface area contributed by atoms with Gasteiger partial charge in [-0.15, -0.1) is 0 Å². The second-order valence-electron chi connectivity index (χ2n) is 6.97. The highest BCUT2D eigenvalue weighted by Gasteiger charge is 2.26. The highest BCUT2D eigenvalue weighted by Crippen LogP contribution is 2.28. The summed E-state index contributed by atoms with van der Waals surface area (Å²) in [7, 11) is 3.90. The summed E-state index contributed by atoms with van der Waals surface area (Å²) < 4.78 is 3.76. The van der Waals surface area contributed by atoms with Crippen molar-refractivity contribution >= 4 is 17.3 Å². The van der Waals surface area contributed by atoms with E-state index in [1.807, 2.05) is 40.6 Å². The Labute approximate surface area is 153 Å². The Bertz CT molecular complexity index is 903. The zero-order chi connectivity index (χ0) is 18.3. The van der Waals surface area contributed by atoms with Crippen LogP contribution >= 0.6 is 0 Å². The average molecular weight is 352 g/mol. The maximum Gasteiger partial charge on any atom is 0.219 e. The third kappa shape index (κ3) is 3.05. The molecule has 1 unspecified atom stereocenters. The fourth-order valence-electron chi connectivity index (χ4n) is 3.64. The molecule has 0 saturated carbocycles. The monoisotopic (exact) mass is 352 g/mol. The van der Waals surface area contributed by atoms with Crippen molar-refractivity contribution in [3.8, 4) is 0 Å². The average Bonchev–Trinajstić information content (AvgIpc) is 3.19. The third-order valence-corrected chi connectivity index (χ3v) is 5.12. The molecule has 2 aromatic heterocycles. The molecule has 26 heavy (non-hydrogen) atoms. The first-order valence-electron chi connectivity index (χ1n) is 8.96. The van der Waals surface area contributed by atoms with Gasteiger partial charge in [0.15, 0.2) is 5.82 Å². The molecular weight excluding hydrogens is 328 g/mol. The molecule has 1 aliphatic carbocycles. The molecule has 2 aliphatic rings. The topological polar surface area (TPSA) is 68.0 Å².